The number of nitrogens with zero attached hydrogens (tertiary/aromatic N) is 2. The Kier molecular flexibility index (Phi) is 13.2. The van der Waals surface area contributed by atoms with E-state index < -0.39 is 47.2 Å². The van der Waals surface area contributed by atoms with Crippen molar-refractivity contribution in [3.63, 3.8) is 0 Å². The van der Waals surface area contributed by atoms with Crippen molar-refractivity contribution < 1.29 is 28.8 Å². The molecule has 3 unspecified atom stereocenters. The first kappa shape index (κ1) is 35.4. The fraction of sp³-hybridized carbons (Fsp3) is 0.562. The summed E-state index contributed by atoms with van der Waals surface area (Å²) in [5.41, 5.74) is 3.28. The summed E-state index contributed by atoms with van der Waals surface area (Å²) >= 11 is 0. The Hall–Kier alpha value is -4.10. The van der Waals surface area contributed by atoms with Crippen LogP contribution in [0.5, 0.6) is 0 Å². The minimum atomic E-state index is -0.903. The lowest BCUT2D eigenvalue weighted by molar-refractivity contribution is -0.156. The minimum Gasteiger partial charge on any atom is -0.384 e. The van der Waals surface area contributed by atoms with Crippen LogP contribution in [0.4, 0.5) is 0 Å². The van der Waals surface area contributed by atoms with Gasteiger partial charge in [-0.2, -0.15) is 5.48 Å². The van der Waals surface area contributed by atoms with Crippen molar-refractivity contribution in [2.45, 2.75) is 91.1 Å². The lowest BCUT2D eigenvalue weighted by atomic mass is 9.81. The Morgan fingerprint density at radius 1 is 1.11 bits per heavy atom. The van der Waals surface area contributed by atoms with Gasteiger partial charge in [-0.15, -0.1) is 0 Å². The number of rotatable bonds is 16. The van der Waals surface area contributed by atoms with Gasteiger partial charge in [0.05, 0.1) is 19.1 Å². The number of amides is 4. The van der Waals surface area contributed by atoms with E-state index in [0.717, 1.165) is 5.56 Å². The molecule has 1 saturated heterocycles. The first-order valence-corrected chi connectivity index (χ1v) is 15.6. The highest BCUT2D eigenvalue weighted by molar-refractivity contribution is 6.40. The number of benzene rings is 1. The van der Waals surface area contributed by atoms with Crippen molar-refractivity contribution >= 4 is 35.1 Å². The van der Waals surface area contributed by atoms with Gasteiger partial charge in [-0.1, -0.05) is 64.4 Å². The number of aliphatic imine (C=N–C) groups is 1. The number of Topliss-reactive ketones (excluding diaryl/α,β-unsaturated/α-hetero) is 1. The van der Waals surface area contributed by atoms with Crippen LogP contribution in [0, 0.1) is 5.41 Å². The predicted octanol–water partition coefficient (Wildman–Crippen LogP) is 1.62. The number of hydrogen-bond donors (Lipinski definition) is 5. The molecule has 2 heterocycles. The van der Waals surface area contributed by atoms with Crippen LogP contribution >= 0.6 is 0 Å². The van der Waals surface area contributed by atoms with E-state index in [4.69, 9.17) is 4.84 Å². The molecule has 246 valence electrons. The number of carbonyl (C=O) groups excluding carboxylic acids is 5. The average molecular weight is 626 g/mol. The Bertz CT molecular complexity index is 1270. The first-order chi connectivity index (χ1) is 21.5. The topological polar surface area (TPSA) is 170 Å². The molecule has 45 heavy (non-hydrogen) atoms. The van der Waals surface area contributed by atoms with Crippen molar-refractivity contribution in [3.05, 3.63) is 48.3 Å². The molecule has 5 N–H and O–H groups in total. The molecule has 4 amide bonds. The SMILES string of the molecule is CCC[C@H](NOC1CCCN1C(=O)CNC(=O)C(NC(=O)C1=NC=CNC1)C(C)(C)CC)C(=O)C(=O)NC(C)c1ccccc1. The molecular formula is C32H47N7O6. The van der Waals surface area contributed by atoms with Gasteiger partial charge in [0.1, 0.15) is 17.8 Å². The van der Waals surface area contributed by atoms with Crippen LogP contribution in [0.3, 0.4) is 0 Å². The maximum Gasteiger partial charge on any atom is 0.289 e. The van der Waals surface area contributed by atoms with E-state index in [1.54, 1.807) is 13.1 Å². The van der Waals surface area contributed by atoms with E-state index in [0.29, 0.717) is 38.6 Å². The monoisotopic (exact) mass is 625 g/mol. The highest BCUT2D eigenvalue weighted by atomic mass is 16.7. The summed E-state index contributed by atoms with van der Waals surface area (Å²) in [5, 5.41) is 11.1. The highest BCUT2D eigenvalue weighted by Gasteiger charge is 2.37. The van der Waals surface area contributed by atoms with Crippen LogP contribution in [0.25, 0.3) is 0 Å². The standard InChI is InChI=1S/C32H47N7O6/c1-6-12-23(27(41)30(43)36-21(3)22-13-9-8-10-14-22)38-45-26-15-11-18-39(26)25(40)20-35-31(44)28(32(4,5)7-2)37-29(42)24-19-33-16-17-34-24/h8-10,13-14,16-17,21,23,26,28,33,38H,6-7,11-12,15,18-20H2,1-5H3,(H,35,44)(H,36,43)(H,37,42)/t21?,23-,26?,28?/m0/s1. The van der Waals surface area contributed by atoms with Crippen LogP contribution in [0.15, 0.2) is 47.7 Å². The third-order valence-electron chi connectivity index (χ3n) is 8.23. The van der Waals surface area contributed by atoms with E-state index in [2.05, 4.69) is 31.7 Å². The van der Waals surface area contributed by atoms with E-state index in [9.17, 15) is 24.0 Å². The Balaban J connectivity index is 1.56. The molecule has 0 bridgehead atoms. The molecule has 0 aromatic heterocycles. The molecule has 1 aromatic carbocycles. The van der Waals surface area contributed by atoms with Gasteiger partial charge in [-0.3, -0.25) is 33.8 Å². The van der Waals surface area contributed by atoms with Crippen LogP contribution in [0.2, 0.25) is 0 Å². The molecule has 3 rings (SSSR count). The van der Waals surface area contributed by atoms with Crippen molar-refractivity contribution in [1.82, 2.24) is 31.6 Å². The van der Waals surface area contributed by atoms with Crippen molar-refractivity contribution in [1.29, 1.82) is 0 Å². The number of likely N-dealkylation sites (tertiary alicyclic amines) is 1. The maximum atomic E-state index is 13.3. The van der Waals surface area contributed by atoms with Gasteiger partial charge >= 0.3 is 0 Å². The van der Waals surface area contributed by atoms with E-state index in [1.165, 1.54) is 11.1 Å². The number of hydroxylamine groups is 1. The quantitative estimate of drug-likeness (QED) is 0.136. The molecule has 13 nitrogen and oxygen atoms in total. The lowest BCUT2D eigenvalue weighted by Gasteiger charge is -2.33. The molecule has 0 saturated carbocycles. The minimum absolute atomic E-state index is 0.244. The summed E-state index contributed by atoms with van der Waals surface area (Å²) in [7, 11) is 0. The predicted molar refractivity (Wildman–Crippen MR) is 169 cm³/mol. The normalized spacial score (nSPS) is 18.2. The lowest BCUT2D eigenvalue weighted by Crippen LogP contribution is -2.57. The van der Waals surface area contributed by atoms with Gasteiger partial charge in [-0.25, -0.2) is 0 Å². The second-order valence-corrected chi connectivity index (χ2v) is 12.0. The molecule has 0 spiro atoms. The Morgan fingerprint density at radius 2 is 1.84 bits per heavy atom. The third-order valence-corrected chi connectivity index (χ3v) is 8.23. The molecule has 0 aliphatic carbocycles. The molecule has 13 heteroatoms. The van der Waals surface area contributed by atoms with Crippen molar-refractivity contribution in [2.75, 3.05) is 19.6 Å². The number of carbonyl (C=O) groups is 5. The fourth-order valence-corrected chi connectivity index (χ4v) is 5.01. The van der Waals surface area contributed by atoms with Crippen LogP contribution in [-0.4, -0.2) is 78.0 Å². The molecule has 1 aromatic rings. The Morgan fingerprint density at radius 3 is 2.49 bits per heavy atom. The second kappa shape index (κ2) is 16.8. The maximum absolute atomic E-state index is 13.3. The van der Waals surface area contributed by atoms with Crippen molar-refractivity contribution in [3.8, 4) is 0 Å². The second-order valence-electron chi connectivity index (χ2n) is 12.0. The first-order valence-electron chi connectivity index (χ1n) is 15.6. The van der Waals surface area contributed by atoms with Gasteiger partial charge < -0.3 is 26.2 Å². The zero-order valence-corrected chi connectivity index (χ0v) is 26.9. The van der Waals surface area contributed by atoms with Gasteiger partial charge in [0, 0.05) is 18.9 Å². The van der Waals surface area contributed by atoms with E-state index in [-0.39, 0.29) is 30.8 Å². The fourth-order valence-electron chi connectivity index (χ4n) is 5.01. The summed E-state index contributed by atoms with van der Waals surface area (Å²) in [6.07, 6.45) is 5.19. The van der Waals surface area contributed by atoms with Crippen LogP contribution in [-0.2, 0) is 28.8 Å². The molecular weight excluding hydrogens is 578 g/mol. The number of nitrogens with one attached hydrogen (secondary N) is 5. The zero-order chi connectivity index (χ0) is 33.0. The molecule has 4 atom stereocenters. The smallest absolute Gasteiger partial charge is 0.289 e. The summed E-state index contributed by atoms with van der Waals surface area (Å²) in [5.74, 6) is -2.69. The molecule has 0 radical (unpaired) electrons. The van der Waals surface area contributed by atoms with E-state index in [1.807, 2.05) is 58.0 Å². The third kappa shape index (κ3) is 9.95. The zero-order valence-electron chi connectivity index (χ0n) is 26.9. The summed E-state index contributed by atoms with van der Waals surface area (Å²) in [4.78, 5) is 76.4. The highest BCUT2D eigenvalue weighted by Crippen LogP contribution is 2.25. The van der Waals surface area contributed by atoms with Crippen LogP contribution in [0.1, 0.15) is 78.3 Å². The molecule has 2 aliphatic rings. The largest absolute Gasteiger partial charge is 0.384 e. The van der Waals surface area contributed by atoms with E-state index >= 15 is 0 Å². The van der Waals surface area contributed by atoms with Gasteiger partial charge in [0.25, 0.3) is 11.8 Å². The number of hydrogen-bond acceptors (Lipinski definition) is 9. The number of ketones is 1. The van der Waals surface area contributed by atoms with Gasteiger partial charge in [0.15, 0.2) is 6.23 Å². The molecule has 1 fully saturated rings. The Labute approximate surface area is 264 Å². The molecule has 2 aliphatic heterocycles. The van der Waals surface area contributed by atoms with Crippen LogP contribution < -0.4 is 26.7 Å². The summed E-state index contributed by atoms with van der Waals surface area (Å²) in [6.45, 7) is 9.71. The summed E-state index contributed by atoms with van der Waals surface area (Å²) in [6, 6.07) is 7.20. The average Bonchev–Trinajstić information content (AvgIpc) is 3.53. The van der Waals surface area contributed by atoms with Gasteiger partial charge in [-0.05, 0) is 43.6 Å². The van der Waals surface area contributed by atoms with Gasteiger partial charge in [0.2, 0.25) is 17.6 Å². The summed E-state index contributed by atoms with van der Waals surface area (Å²) < 4.78 is 0. The van der Waals surface area contributed by atoms with Crippen molar-refractivity contribution in [2.24, 2.45) is 10.4 Å².